The first-order valence-corrected chi connectivity index (χ1v) is 6.87. The predicted octanol–water partition coefficient (Wildman–Crippen LogP) is 2.69. The molecule has 0 radical (unpaired) electrons. The van der Waals surface area contributed by atoms with Gasteiger partial charge in [0.05, 0.1) is 6.61 Å². The third-order valence-electron chi connectivity index (χ3n) is 2.42. The number of halogens is 1. The Kier molecular flexibility index (Phi) is 5.09. The first-order chi connectivity index (χ1) is 9.31. The van der Waals surface area contributed by atoms with Crippen molar-refractivity contribution in [3.8, 4) is 5.88 Å². The molecule has 5 nitrogen and oxygen atoms in total. The fourth-order valence-corrected chi connectivity index (χ4v) is 2.00. The molecule has 2 aromatic heterocycles. The number of anilines is 1. The summed E-state index contributed by atoms with van der Waals surface area (Å²) in [5.41, 5.74) is 1.000. The molecule has 19 heavy (non-hydrogen) atoms. The lowest BCUT2D eigenvalue weighted by molar-refractivity contribution is 0.305. The molecular formula is C13H15BrN4O. The van der Waals surface area contributed by atoms with Gasteiger partial charge in [0, 0.05) is 24.9 Å². The zero-order chi connectivity index (χ0) is 13.5. The highest BCUT2D eigenvalue weighted by Gasteiger charge is 2.09. The van der Waals surface area contributed by atoms with Crippen LogP contribution in [0.15, 0.2) is 35.2 Å². The third kappa shape index (κ3) is 3.89. The minimum absolute atomic E-state index is 0.526. The Morgan fingerprint density at radius 3 is 2.89 bits per heavy atom. The average molecular weight is 323 g/mol. The van der Waals surface area contributed by atoms with Crippen LogP contribution in [0, 0.1) is 0 Å². The fourth-order valence-electron chi connectivity index (χ4n) is 1.54. The van der Waals surface area contributed by atoms with Crippen LogP contribution in [0.25, 0.3) is 0 Å². The van der Waals surface area contributed by atoms with E-state index in [2.05, 4.69) is 36.2 Å². The average Bonchev–Trinajstić information content (AvgIpc) is 2.44. The van der Waals surface area contributed by atoms with Crippen LogP contribution in [0.3, 0.4) is 0 Å². The number of ether oxygens (including phenoxy) is 1. The van der Waals surface area contributed by atoms with Crippen molar-refractivity contribution in [3.05, 3.63) is 40.9 Å². The van der Waals surface area contributed by atoms with Crippen molar-refractivity contribution in [2.45, 2.75) is 13.3 Å². The summed E-state index contributed by atoms with van der Waals surface area (Å²) in [5.74, 6) is 1.28. The van der Waals surface area contributed by atoms with Gasteiger partial charge in [-0.05, 0) is 35.0 Å². The molecule has 100 valence electrons. The zero-order valence-electron chi connectivity index (χ0n) is 10.6. The Balaban J connectivity index is 1.94. The summed E-state index contributed by atoms with van der Waals surface area (Å²) in [6.45, 7) is 3.33. The minimum Gasteiger partial charge on any atom is -0.476 e. The molecule has 2 aromatic rings. The van der Waals surface area contributed by atoms with Crippen molar-refractivity contribution in [1.82, 2.24) is 15.0 Å². The maximum atomic E-state index is 5.65. The molecule has 0 aliphatic rings. The standard InChI is InChI=1S/C13H15BrN4O/c1-2-15-12-11(14)13(18-9-17-12)19-8-6-10-5-3-4-7-16-10/h3-5,7,9H,2,6,8H2,1H3,(H,15,17,18). The van der Waals surface area contributed by atoms with Crippen molar-refractivity contribution in [2.24, 2.45) is 0 Å². The lowest BCUT2D eigenvalue weighted by Gasteiger charge is -2.09. The van der Waals surface area contributed by atoms with E-state index < -0.39 is 0 Å². The number of nitrogens with zero attached hydrogens (tertiary/aromatic N) is 3. The quantitative estimate of drug-likeness (QED) is 0.886. The van der Waals surface area contributed by atoms with Crippen LogP contribution in [-0.2, 0) is 6.42 Å². The van der Waals surface area contributed by atoms with Crippen molar-refractivity contribution >= 4 is 21.7 Å². The number of pyridine rings is 1. The summed E-state index contributed by atoms with van der Waals surface area (Å²) >= 11 is 3.44. The summed E-state index contributed by atoms with van der Waals surface area (Å²) in [6.07, 6.45) is 4.01. The Labute approximate surface area is 120 Å². The molecule has 0 saturated heterocycles. The summed E-state index contributed by atoms with van der Waals surface area (Å²) in [4.78, 5) is 12.5. The summed E-state index contributed by atoms with van der Waals surface area (Å²) in [5, 5.41) is 3.13. The lowest BCUT2D eigenvalue weighted by Crippen LogP contribution is -2.07. The van der Waals surface area contributed by atoms with Crippen molar-refractivity contribution in [1.29, 1.82) is 0 Å². The smallest absolute Gasteiger partial charge is 0.233 e. The van der Waals surface area contributed by atoms with E-state index in [0.29, 0.717) is 12.5 Å². The van der Waals surface area contributed by atoms with E-state index in [1.807, 2.05) is 25.1 Å². The van der Waals surface area contributed by atoms with E-state index in [9.17, 15) is 0 Å². The van der Waals surface area contributed by atoms with Gasteiger partial charge in [0.1, 0.15) is 16.6 Å². The van der Waals surface area contributed by atoms with Crippen LogP contribution in [0.5, 0.6) is 5.88 Å². The summed E-state index contributed by atoms with van der Waals surface area (Å²) in [7, 11) is 0. The molecule has 6 heteroatoms. The molecule has 2 rings (SSSR count). The first kappa shape index (κ1) is 13.7. The molecule has 0 aromatic carbocycles. The van der Waals surface area contributed by atoms with Crippen molar-refractivity contribution in [3.63, 3.8) is 0 Å². The van der Waals surface area contributed by atoms with Gasteiger partial charge in [0.25, 0.3) is 0 Å². The molecule has 0 unspecified atom stereocenters. The van der Waals surface area contributed by atoms with E-state index in [1.165, 1.54) is 6.33 Å². The topological polar surface area (TPSA) is 59.9 Å². The van der Waals surface area contributed by atoms with E-state index in [1.54, 1.807) is 6.20 Å². The van der Waals surface area contributed by atoms with Gasteiger partial charge in [0.15, 0.2) is 0 Å². The third-order valence-corrected chi connectivity index (χ3v) is 3.14. The maximum Gasteiger partial charge on any atom is 0.233 e. The summed E-state index contributed by atoms with van der Waals surface area (Å²) < 4.78 is 6.40. The Morgan fingerprint density at radius 2 is 2.16 bits per heavy atom. The monoisotopic (exact) mass is 322 g/mol. The highest BCUT2D eigenvalue weighted by molar-refractivity contribution is 9.10. The van der Waals surface area contributed by atoms with Crippen LogP contribution < -0.4 is 10.1 Å². The lowest BCUT2D eigenvalue weighted by atomic mass is 10.3. The molecule has 0 atom stereocenters. The zero-order valence-corrected chi connectivity index (χ0v) is 12.2. The largest absolute Gasteiger partial charge is 0.476 e. The number of hydrogen-bond donors (Lipinski definition) is 1. The highest BCUT2D eigenvalue weighted by Crippen LogP contribution is 2.28. The SMILES string of the molecule is CCNc1ncnc(OCCc2ccccn2)c1Br. The molecule has 0 saturated carbocycles. The minimum atomic E-state index is 0.526. The fraction of sp³-hybridized carbons (Fsp3) is 0.308. The highest BCUT2D eigenvalue weighted by atomic mass is 79.9. The van der Waals surface area contributed by atoms with E-state index >= 15 is 0 Å². The molecular weight excluding hydrogens is 308 g/mol. The Hall–Kier alpha value is -1.69. The molecule has 0 aliphatic heterocycles. The van der Waals surface area contributed by atoms with Gasteiger partial charge in [-0.1, -0.05) is 6.07 Å². The second-order valence-corrected chi connectivity index (χ2v) is 4.58. The van der Waals surface area contributed by atoms with Crippen LogP contribution in [-0.4, -0.2) is 28.1 Å². The molecule has 0 spiro atoms. The van der Waals surface area contributed by atoms with Gasteiger partial charge in [-0.15, -0.1) is 0 Å². The Bertz CT molecular complexity index is 521. The molecule has 0 fully saturated rings. The van der Waals surface area contributed by atoms with E-state index in [4.69, 9.17) is 4.74 Å². The van der Waals surface area contributed by atoms with Crippen LogP contribution in [0.2, 0.25) is 0 Å². The van der Waals surface area contributed by atoms with Crippen LogP contribution in [0.4, 0.5) is 5.82 Å². The number of nitrogens with one attached hydrogen (secondary N) is 1. The second-order valence-electron chi connectivity index (χ2n) is 3.79. The van der Waals surface area contributed by atoms with Gasteiger partial charge in [0.2, 0.25) is 5.88 Å². The van der Waals surface area contributed by atoms with E-state index in [-0.39, 0.29) is 0 Å². The number of rotatable bonds is 6. The first-order valence-electron chi connectivity index (χ1n) is 6.08. The van der Waals surface area contributed by atoms with Crippen molar-refractivity contribution in [2.75, 3.05) is 18.5 Å². The molecule has 0 amide bonds. The van der Waals surface area contributed by atoms with E-state index in [0.717, 1.165) is 29.0 Å². The van der Waals surface area contributed by atoms with Crippen LogP contribution in [0.1, 0.15) is 12.6 Å². The molecule has 2 heterocycles. The van der Waals surface area contributed by atoms with Gasteiger partial charge in [-0.2, -0.15) is 0 Å². The molecule has 1 N–H and O–H groups in total. The number of aromatic nitrogens is 3. The molecule has 0 aliphatic carbocycles. The Morgan fingerprint density at radius 1 is 1.26 bits per heavy atom. The van der Waals surface area contributed by atoms with Gasteiger partial charge in [-0.3, -0.25) is 4.98 Å². The second kappa shape index (κ2) is 7.04. The normalized spacial score (nSPS) is 10.2. The van der Waals surface area contributed by atoms with Crippen molar-refractivity contribution < 1.29 is 4.74 Å². The van der Waals surface area contributed by atoms with Gasteiger partial charge >= 0.3 is 0 Å². The number of hydrogen-bond acceptors (Lipinski definition) is 5. The van der Waals surface area contributed by atoms with Gasteiger partial charge in [-0.25, -0.2) is 9.97 Å². The summed E-state index contributed by atoms with van der Waals surface area (Å²) in [6, 6.07) is 5.84. The predicted molar refractivity (Wildman–Crippen MR) is 77.3 cm³/mol. The van der Waals surface area contributed by atoms with Gasteiger partial charge < -0.3 is 10.1 Å². The maximum absolute atomic E-state index is 5.65. The molecule has 0 bridgehead atoms. The van der Waals surface area contributed by atoms with Crippen LogP contribution >= 0.6 is 15.9 Å².